The van der Waals surface area contributed by atoms with E-state index in [0.717, 1.165) is 17.5 Å². The van der Waals surface area contributed by atoms with Crippen molar-refractivity contribution in [2.45, 2.75) is 33.2 Å². The van der Waals surface area contributed by atoms with Gasteiger partial charge in [-0.1, -0.05) is 55.8 Å². The molecule has 2 heterocycles. The van der Waals surface area contributed by atoms with Gasteiger partial charge < -0.3 is 15.2 Å². The van der Waals surface area contributed by atoms with Crippen LogP contribution in [0.4, 0.5) is 0 Å². The number of fused-ring (bicyclic) bond motifs is 1. The Balaban J connectivity index is 1.46. The third kappa shape index (κ3) is 4.41. The first-order chi connectivity index (χ1) is 14.9. The Labute approximate surface area is 183 Å². The second kappa shape index (κ2) is 8.80. The molecule has 0 spiro atoms. The van der Waals surface area contributed by atoms with E-state index in [1.54, 1.807) is 12.1 Å². The summed E-state index contributed by atoms with van der Waals surface area (Å²) in [5.41, 5.74) is 5.25. The zero-order valence-corrected chi connectivity index (χ0v) is 18.3. The zero-order valence-electron chi connectivity index (χ0n) is 18.3. The minimum atomic E-state index is -0.545. The van der Waals surface area contributed by atoms with Crippen LogP contribution in [0, 0.1) is 12.8 Å². The van der Waals surface area contributed by atoms with Crippen molar-refractivity contribution in [3.05, 3.63) is 77.5 Å². The molecule has 1 aliphatic rings. The summed E-state index contributed by atoms with van der Waals surface area (Å²) in [6, 6.07) is 15.1. The Morgan fingerprint density at radius 3 is 2.48 bits per heavy atom. The normalized spacial score (nSPS) is 15.1. The van der Waals surface area contributed by atoms with Gasteiger partial charge in [-0.3, -0.25) is 9.59 Å². The molecule has 0 radical (unpaired) electrons. The number of rotatable bonds is 5. The maximum Gasteiger partial charge on any atom is 0.251 e. The van der Waals surface area contributed by atoms with E-state index in [4.69, 9.17) is 0 Å². The Hall–Kier alpha value is -3.34. The molecule has 3 aromatic rings. The average Bonchev–Trinajstić information content (AvgIpc) is 3.21. The van der Waals surface area contributed by atoms with Crippen LogP contribution in [0.25, 0.3) is 16.5 Å². The maximum absolute atomic E-state index is 13.2. The Morgan fingerprint density at radius 2 is 1.81 bits per heavy atom. The number of amides is 2. The number of benzene rings is 2. The third-order valence-electron chi connectivity index (χ3n) is 5.99. The number of hydrogen-bond acceptors (Lipinski definition) is 2. The number of para-hydroxylation sites is 1. The van der Waals surface area contributed by atoms with Crippen LogP contribution < -0.4 is 5.32 Å². The lowest BCUT2D eigenvalue weighted by atomic mass is 9.97. The van der Waals surface area contributed by atoms with Crippen molar-refractivity contribution in [2.24, 2.45) is 5.92 Å². The molecule has 1 aliphatic heterocycles. The Kier molecular flexibility index (Phi) is 5.94. The molecule has 1 atom stereocenters. The molecular formula is C26H29N3O2. The molecule has 2 amide bonds. The largest absolute Gasteiger partial charge is 0.361 e. The number of carbonyl (C=O) groups is 2. The van der Waals surface area contributed by atoms with Gasteiger partial charge in [0.2, 0.25) is 5.91 Å². The highest BCUT2D eigenvalue weighted by atomic mass is 16.2. The van der Waals surface area contributed by atoms with Crippen LogP contribution in [0.5, 0.6) is 0 Å². The summed E-state index contributed by atoms with van der Waals surface area (Å²) in [5, 5.41) is 4.16. The fraction of sp³-hybridized carbons (Fsp3) is 0.308. The van der Waals surface area contributed by atoms with E-state index in [-0.39, 0.29) is 17.7 Å². The SMILES string of the molecule is Cc1ccc(C(=O)N[C@H](C(=O)N2CC=C(c3c[nH]c4ccccc34)CC2)C(C)C)cc1. The van der Waals surface area contributed by atoms with Crippen LogP contribution in [-0.4, -0.2) is 40.8 Å². The van der Waals surface area contributed by atoms with Crippen LogP contribution >= 0.6 is 0 Å². The fourth-order valence-corrected chi connectivity index (χ4v) is 4.09. The lowest BCUT2D eigenvalue weighted by molar-refractivity contribution is -0.133. The number of aromatic nitrogens is 1. The molecule has 2 aromatic carbocycles. The second-order valence-electron chi connectivity index (χ2n) is 8.57. The van der Waals surface area contributed by atoms with Crippen LogP contribution in [-0.2, 0) is 4.79 Å². The number of nitrogens with zero attached hydrogens (tertiary/aromatic N) is 1. The van der Waals surface area contributed by atoms with Gasteiger partial charge in [0, 0.05) is 41.3 Å². The summed E-state index contributed by atoms with van der Waals surface area (Å²) in [5.74, 6) is -0.232. The highest BCUT2D eigenvalue weighted by molar-refractivity contribution is 5.98. The third-order valence-corrected chi connectivity index (χ3v) is 5.99. The molecule has 5 nitrogen and oxygen atoms in total. The summed E-state index contributed by atoms with van der Waals surface area (Å²) in [6.07, 6.45) is 4.98. The standard InChI is InChI=1S/C26H29N3O2/c1-17(2)24(28-25(30)20-10-8-18(3)9-11-20)26(31)29-14-12-19(13-15-29)22-16-27-23-7-5-4-6-21(22)23/h4-12,16-17,24,27H,13-15H2,1-3H3,(H,28,30)/t24-/m0/s1. The van der Waals surface area contributed by atoms with Gasteiger partial charge in [0.05, 0.1) is 0 Å². The van der Waals surface area contributed by atoms with Crippen molar-refractivity contribution in [1.29, 1.82) is 0 Å². The van der Waals surface area contributed by atoms with Gasteiger partial charge >= 0.3 is 0 Å². The fourth-order valence-electron chi connectivity index (χ4n) is 4.09. The maximum atomic E-state index is 13.2. The molecule has 31 heavy (non-hydrogen) atoms. The quantitative estimate of drug-likeness (QED) is 0.642. The van der Waals surface area contributed by atoms with E-state index in [2.05, 4.69) is 28.5 Å². The number of aryl methyl sites for hydroxylation is 1. The van der Waals surface area contributed by atoms with Gasteiger partial charge in [-0.05, 0) is 43.0 Å². The number of aromatic amines is 1. The topological polar surface area (TPSA) is 65.2 Å². The second-order valence-corrected chi connectivity index (χ2v) is 8.57. The molecule has 0 bridgehead atoms. The molecule has 0 aliphatic carbocycles. The zero-order chi connectivity index (χ0) is 22.0. The predicted molar refractivity (Wildman–Crippen MR) is 125 cm³/mol. The van der Waals surface area contributed by atoms with Crippen LogP contribution in [0.15, 0.2) is 60.8 Å². The summed E-state index contributed by atoms with van der Waals surface area (Å²) in [6.45, 7) is 7.12. The molecule has 4 rings (SSSR count). The molecule has 160 valence electrons. The minimum Gasteiger partial charge on any atom is -0.361 e. The van der Waals surface area contributed by atoms with Crippen molar-refractivity contribution in [1.82, 2.24) is 15.2 Å². The van der Waals surface area contributed by atoms with Crippen molar-refractivity contribution < 1.29 is 9.59 Å². The number of H-pyrrole nitrogens is 1. The highest BCUT2D eigenvalue weighted by Crippen LogP contribution is 2.29. The minimum absolute atomic E-state index is 0.000826. The van der Waals surface area contributed by atoms with E-state index < -0.39 is 6.04 Å². The number of nitrogens with one attached hydrogen (secondary N) is 2. The van der Waals surface area contributed by atoms with Gasteiger partial charge in [-0.25, -0.2) is 0 Å². The monoisotopic (exact) mass is 415 g/mol. The molecule has 0 fully saturated rings. The summed E-state index contributed by atoms with van der Waals surface area (Å²) in [7, 11) is 0. The van der Waals surface area contributed by atoms with Crippen LogP contribution in [0.2, 0.25) is 0 Å². The van der Waals surface area contributed by atoms with Crippen molar-refractivity contribution in [3.8, 4) is 0 Å². The predicted octanol–water partition coefficient (Wildman–Crippen LogP) is 4.55. The van der Waals surface area contributed by atoms with Crippen LogP contribution in [0.1, 0.15) is 41.8 Å². The molecule has 0 saturated heterocycles. The van der Waals surface area contributed by atoms with Gasteiger partial charge in [0.1, 0.15) is 6.04 Å². The molecule has 0 saturated carbocycles. The van der Waals surface area contributed by atoms with Crippen molar-refractivity contribution >= 4 is 28.3 Å². The van der Waals surface area contributed by atoms with Gasteiger partial charge in [-0.2, -0.15) is 0 Å². The van der Waals surface area contributed by atoms with E-state index in [1.807, 2.05) is 56.1 Å². The van der Waals surface area contributed by atoms with E-state index >= 15 is 0 Å². The highest BCUT2D eigenvalue weighted by Gasteiger charge is 2.30. The lowest BCUT2D eigenvalue weighted by Gasteiger charge is -2.32. The molecule has 2 N–H and O–H groups in total. The smallest absolute Gasteiger partial charge is 0.251 e. The van der Waals surface area contributed by atoms with Crippen LogP contribution in [0.3, 0.4) is 0 Å². The molecular weight excluding hydrogens is 386 g/mol. The van der Waals surface area contributed by atoms with E-state index in [9.17, 15) is 9.59 Å². The number of hydrogen-bond donors (Lipinski definition) is 2. The van der Waals surface area contributed by atoms with Crippen molar-refractivity contribution in [2.75, 3.05) is 13.1 Å². The first-order valence-electron chi connectivity index (χ1n) is 10.9. The molecule has 0 unspecified atom stereocenters. The number of carbonyl (C=O) groups excluding carboxylic acids is 2. The summed E-state index contributed by atoms with van der Waals surface area (Å²) >= 11 is 0. The lowest BCUT2D eigenvalue weighted by Crippen LogP contribution is -2.52. The molecule has 5 heteroatoms. The summed E-state index contributed by atoms with van der Waals surface area (Å²) in [4.78, 5) is 31.1. The first-order valence-corrected chi connectivity index (χ1v) is 10.9. The van der Waals surface area contributed by atoms with E-state index in [1.165, 1.54) is 16.5 Å². The van der Waals surface area contributed by atoms with Gasteiger partial charge in [-0.15, -0.1) is 0 Å². The first kappa shape index (κ1) is 20.9. The van der Waals surface area contributed by atoms with E-state index in [0.29, 0.717) is 18.7 Å². The summed E-state index contributed by atoms with van der Waals surface area (Å²) < 4.78 is 0. The Morgan fingerprint density at radius 1 is 1.06 bits per heavy atom. The Bertz CT molecular complexity index is 1130. The molecule has 1 aromatic heterocycles. The van der Waals surface area contributed by atoms with Crippen molar-refractivity contribution in [3.63, 3.8) is 0 Å². The van der Waals surface area contributed by atoms with Gasteiger partial charge in [0.15, 0.2) is 0 Å². The van der Waals surface area contributed by atoms with Gasteiger partial charge in [0.25, 0.3) is 5.91 Å². The average molecular weight is 416 g/mol.